The summed E-state index contributed by atoms with van der Waals surface area (Å²) in [5, 5.41) is 10.0. The molecule has 1 aromatic rings. The molecule has 1 aliphatic rings. The van der Waals surface area contributed by atoms with E-state index in [9.17, 15) is 5.11 Å². The standard InChI is InChI=1S/C12H16O2/c1-14-8-10-4-2-3-5-11(10)12(13)9-6-7-9/h2-5,9,12-13H,6-8H2,1H3/t12-/m0/s1. The topological polar surface area (TPSA) is 29.5 Å². The molecular formula is C12H16O2. The van der Waals surface area contributed by atoms with Crippen LogP contribution < -0.4 is 0 Å². The molecule has 0 aliphatic heterocycles. The van der Waals surface area contributed by atoms with Gasteiger partial charge in [0.15, 0.2) is 0 Å². The van der Waals surface area contributed by atoms with Gasteiger partial charge in [-0.2, -0.15) is 0 Å². The van der Waals surface area contributed by atoms with Crippen molar-refractivity contribution in [2.75, 3.05) is 7.11 Å². The summed E-state index contributed by atoms with van der Waals surface area (Å²) in [7, 11) is 1.68. The van der Waals surface area contributed by atoms with Crippen LogP contribution in [0.1, 0.15) is 30.1 Å². The average molecular weight is 192 g/mol. The van der Waals surface area contributed by atoms with Crippen LogP contribution in [0.2, 0.25) is 0 Å². The predicted octanol–water partition coefficient (Wildman–Crippen LogP) is 2.28. The number of hydrogen-bond donors (Lipinski definition) is 1. The molecule has 2 nitrogen and oxygen atoms in total. The third kappa shape index (κ3) is 1.97. The largest absolute Gasteiger partial charge is 0.388 e. The lowest BCUT2D eigenvalue weighted by Gasteiger charge is -2.14. The second kappa shape index (κ2) is 4.11. The van der Waals surface area contributed by atoms with Gasteiger partial charge in [0.1, 0.15) is 0 Å². The second-order valence-corrected chi connectivity index (χ2v) is 3.91. The minimum atomic E-state index is -0.290. The molecule has 2 heteroatoms. The van der Waals surface area contributed by atoms with E-state index in [0.29, 0.717) is 12.5 Å². The lowest BCUT2D eigenvalue weighted by Crippen LogP contribution is -2.04. The van der Waals surface area contributed by atoms with Crippen LogP contribution in [0.3, 0.4) is 0 Å². The molecule has 1 N–H and O–H groups in total. The van der Waals surface area contributed by atoms with Gasteiger partial charge in [-0.25, -0.2) is 0 Å². The van der Waals surface area contributed by atoms with Crippen LogP contribution in [0.15, 0.2) is 24.3 Å². The zero-order valence-electron chi connectivity index (χ0n) is 8.44. The summed E-state index contributed by atoms with van der Waals surface area (Å²) in [6.07, 6.45) is 2.02. The monoisotopic (exact) mass is 192 g/mol. The third-order valence-electron chi connectivity index (χ3n) is 2.74. The van der Waals surface area contributed by atoms with E-state index in [1.165, 1.54) is 0 Å². The number of aliphatic hydroxyl groups excluding tert-OH is 1. The van der Waals surface area contributed by atoms with Crippen LogP contribution in [0, 0.1) is 5.92 Å². The van der Waals surface area contributed by atoms with E-state index in [0.717, 1.165) is 24.0 Å². The molecule has 1 saturated carbocycles. The van der Waals surface area contributed by atoms with Gasteiger partial charge in [-0.05, 0) is 29.9 Å². The Morgan fingerprint density at radius 2 is 2.14 bits per heavy atom. The third-order valence-corrected chi connectivity index (χ3v) is 2.74. The van der Waals surface area contributed by atoms with Crippen molar-refractivity contribution in [3.8, 4) is 0 Å². The van der Waals surface area contributed by atoms with Crippen molar-refractivity contribution in [1.82, 2.24) is 0 Å². The Bertz CT molecular complexity index is 305. The number of methoxy groups -OCH3 is 1. The summed E-state index contributed by atoms with van der Waals surface area (Å²) >= 11 is 0. The van der Waals surface area contributed by atoms with E-state index in [4.69, 9.17) is 4.74 Å². The van der Waals surface area contributed by atoms with Crippen LogP contribution in [0.4, 0.5) is 0 Å². The number of ether oxygens (including phenoxy) is 1. The molecule has 2 rings (SSSR count). The molecule has 1 atom stereocenters. The van der Waals surface area contributed by atoms with E-state index < -0.39 is 0 Å². The molecule has 0 radical (unpaired) electrons. The number of hydrogen-bond acceptors (Lipinski definition) is 2. The molecule has 0 saturated heterocycles. The number of rotatable bonds is 4. The fourth-order valence-electron chi connectivity index (χ4n) is 1.78. The highest BCUT2D eigenvalue weighted by atomic mass is 16.5. The molecular weight excluding hydrogens is 176 g/mol. The van der Waals surface area contributed by atoms with Crippen molar-refractivity contribution >= 4 is 0 Å². The van der Waals surface area contributed by atoms with Gasteiger partial charge in [0, 0.05) is 7.11 Å². The van der Waals surface area contributed by atoms with Gasteiger partial charge in [0.25, 0.3) is 0 Å². The van der Waals surface area contributed by atoms with Crippen LogP contribution in [-0.2, 0) is 11.3 Å². The van der Waals surface area contributed by atoms with Gasteiger partial charge < -0.3 is 9.84 Å². The number of aliphatic hydroxyl groups is 1. The highest BCUT2D eigenvalue weighted by Gasteiger charge is 2.31. The Balaban J connectivity index is 2.20. The molecule has 0 spiro atoms. The molecule has 0 heterocycles. The van der Waals surface area contributed by atoms with E-state index in [1.807, 2.05) is 24.3 Å². The maximum atomic E-state index is 10.0. The van der Waals surface area contributed by atoms with Gasteiger partial charge in [-0.3, -0.25) is 0 Å². The quantitative estimate of drug-likeness (QED) is 0.793. The SMILES string of the molecule is COCc1ccccc1[C@@H](O)C1CC1. The van der Waals surface area contributed by atoms with Gasteiger partial charge in [0.05, 0.1) is 12.7 Å². The highest BCUT2D eigenvalue weighted by Crippen LogP contribution is 2.41. The fourth-order valence-corrected chi connectivity index (χ4v) is 1.78. The van der Waals surface area contributed by atoms with E-state index >= 15 is 0 Å². The molecule has 0 amide bonds. The van der Waals surface area contributed by atoms with E-state index in [2.05, 4.69) is 0 Å². The van der Waals surface area contributed by atoms with Gasteiger partial charge in [-0.1, -0.05) is 24.3 Å². The first kappa shape index (κ1) is 9.69. The zero-order chi connectivity index (χ0) is 9.97. The Hall–Kier alpha value is -0.860. The van der Waals surface area contributed by atoms with Gasteiger partial charge in [0.2, 0.25) is 0 Å². The smallest absolute Gasteiger partial charge is 0.0821 e. The average Bonchev–Trinajstić information content (AvgIpc) is 3.01. The van der Waals surface area contributed by atoms with E-state index in [1.54, 1.807) is 7.11 Å². The van der Waals surface area contributed by atoms with Crippen molar-refractivity contribution < 1.29 is 9.84 Å². The molecule has 1 aliphatic carbocycles. The van der Waals surface area contributed by atoms with Crippen molar-refractivity contribution in [2.24, 2.45) is 5.92 Å². The second-order valence-electron chi connectivity index (χ2n) is 3.91. The minimum absolute atomic E-state index is 0.290. The van der Waals surface area contributed by atoms with Crippen LogP contribution in [0.5, 0.6) is 0 Å². The summed E-state index contributed by atoms with van der Waals surface area (Å²) in [6.45, 7) is 0.583. The summed E-state index contributed by atoms with van der Waals surface area (Å²) in [5.41, 5.74) is 2.14. The van der Waals surface area contributed by atoms with Crippen LogP contribution in [0.25, 0.3) is 0 Å². The fraction of sp³-hybridized carbons (Fsp3) is 0.500. The predicted molar refractivity (Wildman–Crippen MR) is 54.8 cm³/mol. The van der Waals surface area contributed by atoms with Crippen molar-refractivity contribution in [3.63, 3.8) is 0 Å². The number of benzene rings is 1. The minimum Gasteiger partial charge on any atom is -0.388 e. The zero-order valence-corrected chi connectivity index (χ0v) is 8.44. The Labute approximate surface area is 84.5 Å². The molecule has 0 unspecified atom stereocenters. The van der Waals surface area contributed by atoms with Crippen molar-refractivity contribution in [2.45, 2.75) is 25.6 Å². The maximum absolute atomic E-state index is 10.0. The lowest BCUT2D eigenvalue weighted by molar-refractivity contribution is 0.144. The first-order valence-electron chi connectivity index (χ1n) is 5.07. The van der Waals surface area contributed by atoms with Crippen LogP contribution >= 0.6 is 0 Å². The molecule has 76 valence electrons. The van der Waals surface area contributed by atoms with Gasteiger partial charge in [-0.15, -0.1) is 0 Å². The van der Waals surface area contributed by atoms with Crippen LogP contribution in [-0.4, -0.2) is 12.2 Å². The summed E-state index contributed by atoms with van der Waals surface area (Å²) in [5.74, 6) is 0.480. The Morgan fingerprint density at radius 3 is 2.79 bits per heavy atom. The molecule has 1 aromatic carbocycles. The summed E-state index contributed by atoms with van der Waals surface area (Å²) in [6, 6.07) is 7.97. The summed E-state index contributed by atoms with van der Waals surface area (Å²) < 4.78 is 5.11. The Morgan fingerprint density at radius 1 is 1.43 bits per heavy atom. The lowest BCUT2D eigenvalue weighted by atomic mass is 10.00. The molecule has 1 fully saturated rings. The van der Waals surface area contributed by atoms with E-state index in [-0.39, 0.29) is 6.10 Å². The molecule has 14 heavy (non-hydrogen) atoms. The van der Waals surface area contributed by atoms with Crippen molar-refractivity contribution in [1.29, 1.82) is 0 Å². The molecule has 0 aromatic heterocycles. The highest BCUT2D eigenvalue weighted by molar-refractivity contribution is 5.29. The first-order valence-corrected chi connectivity index (χ1v) is 5.07. The molecule has 0 bridgehead atoms. The Kier molecular flexibility index (Phi) is 2.85. The summed E-state index contributed by atoms with van der Waals surface area (Å²) in [4.78, 5) is 0. The maximum Gasteiger partial charge on any atom is 0.0821 e. The normalized spacial score (nSPS) is 18.1. The van der Waals surface area contributed by atoms with Gasteiger partial charge >= 0.3 is 0 Å². The van der Waals surface area contributed by atoms with Crippen molar-refractivity contribution in [3.05, 3.63) is 35.4 Å². The first-order chi connectivity index (χ1) is 6.83.